The number of thiazole rings is 1. The number of amides is 1. The summed E-state index contributed by atoms with van der Waals surface area (Å²) in [4.78, 5) is 25.4. The van der Waals surface area contributed by atoms with E-state index in [4.69, 9.17) is 4.98 Å². The fourth-order valence-electron chi connectivity index (χ4n) is 3.48. The minimum absolute atomic E-state index is 0.0275. The summed E-state index contributed by atoms with van der Waals surface area (Å²) in [5.41, 5.74) is 3.03. The number of aryl methyl sites for hydroxylation is 1. The maximum Gasteiger partial charge on any atom is 0.230 e. The quantitative estimate of drug-likeness (QED) is 0.692. The zero-order chi connectivity index (χ0) is 17.9. The van der Waals surface area contributed by atoms with Crippen molar-refractivity contribution in [3.63, 3.8) is 0 Å². The Kier molecular flexibility index (Phi) is 4.80. The number of carbonyl (C=O) groups is 1. The Morgan fingerprint density at radius 1 is 1.19 bits per heavy atom. The normalized spacial score (nSPS) is 16.1. The van der Waals surface area contributed by atoms with Crippen molar-refractivity contribution in [2.45, 2.75) is 26.2 Å². The Hall–Kier alpha value is -2.53. The third kappa shape index (κ3) is 3.27. The molecule has 1 aliphatic carbocycles. The Labute approximate surface area is 157 Å². The molecule has 0 fully saturated rings. The molecule has 26 heavy (non-hydrogen) atoms. The average Bonchev–Trinajstić information content (AvgIpc) is 3.13. The van der Waals surface area contributed by atoms with Crippen LogP contribution in [-0.2, 0) is 17.6 Å². The maximum atomic E-state index is 13.1. The van der Waals surface area contributed by atoms with Gasteiger partial charge >= 0.3 is 0 Å². The molecule has 0 saturated carbocycles. The van der Waals surface area contributed by atoms with Crippen molar-refractivity contribution >= 4 is 22.9 Å². The minimum atomic E-state index is 0.0275. The van der Waals surface area contributed by atoms with Crippen LogP contribution in [-0.4, -0.2) is 22.4 Å². The number of aromatic nitrogens is 2. The summed E-state index contributed by atoms with van der Waals surface area (Å²) in [5, 5.41) is 0.958. The van der Waals surface area contributed by atoms with E-state index in [-0.39, 0.29) is 11.8 Å². The SMILES string of the molecule is CCN(C(=O)C1CCc2nc(-c3ccccn3)sc2C1)c1ccccc1. The van der Waals surface area contributed by atoms with E-state index in [1.54, 1.807) is 17.5 Å². The summed E-state index contributed by atoms with van der Waals surface area (Å²) >= 11 is 1.68. The van der Waals surface area contributed by atoms with Crippen LogP contribution in [0.3, 0.4) is 0 Å². The van der Waals surface area contributed by atoms with Gasteiger partial charge in [0.15, 0.2) is 0 Å². The number of rotatable bonds is 4. The van der Waals surface area contributed by atoms with Gasteiger partial charge < -0.3 is 4.90 Å². The number of para-hydroxylation sites is 1. The minimum Gasteiger partial charge on any atom is -0.312 e. The first-order valence-corrected chi connectivity index (χ1v) is 9.84. The zero-order valence-corrected chi connectivity index (χ0v) is 15.6. The van der Waals surface area contributed by atoms with Gasteiger partial charge in [-0.25, -0.2) is 4.98 Å². The Morgan fingerprint density at radius 3 is 2.73 bits per heavy atom. The Balaban J connectivity index is 1.54. The van der Waals surface area contributed by atoms with E-state index < -0.39 is 0 Å². The number of hydrogen-bond donors (Lipinski definition) is 0. The molecule has 4 rings (SSSR count). The lowest BCUT2D eigenvalue weighted by molar-refractivity contribution is -0.122. The highest BCUT2D eigenvalue weighted by Gasteiger charge is 2.30. The molecule has 0 N–H and O–H groups in total. The second kappa shape index (κ2) is 7.38. The second-order valence-electron chi connectivity index (χ2n) is 6.46. The molecule has 0 radical (unpaired) electrons. The molecule has 0 saturated heterocycles. The van der Waals surface area contributed by atoms with Crippen LogP contribution in [0.25, 0.3) is 10.7 Å². The van der Waals surface area contributed by atoms with Crippen LogP contribution in [0.2, 0.25) is 0 Å². The van der Waals surface area contributed by atoms with Crippen LogP contribution in [0.15, 0.2) is 54.7 Å². The predicted octanol–water partition coefficient (Wildman–Crippen LogP) is 4.36. The molecule has 1 amide bonds. The molecule has 1 aromatic carbocycles. The number of fused-ring (bicyclic) bond motifs is 1. The number of benzene rings is 1. The van der Waals surface area contributed by atoms with E-state index >= 15 is 0 Å². The lowest BCUT2D eigenvalue weighted by Crippen LogP contribution is -2.38. The third-order valence-corrected chi connectivity index (χ3v) is 5.97. The van der Waals surface area contributed by atoms with Gasteiger partial charge in [-0.3, -0.25) is 9.78 Å². The first kappa shape index (κ1) is 16.9. The Morgan fingerprint density at radius 2 is 2.00 bits per heavy atom. The zero-order valence-electron chi connectivity index (χ0n) is 14.8. The summed E-state index contributed by atoms with van der Waals surface area (Å²) in [5.74, 6) is 0.247. The van der Waals surface area contributed by atoms with Gasteiger partial charge in [-0.2, -0.15) is 0 Å². The lowest BCUT2D eigenvalue weighted by atomic mass is 9.90. The molecule has 1 aliphatic rings. The number of anilines is 1. The van der Waals surface area contributed by atoms with E-state index in [2.05, 4.69) is 4.98 Å². The molecule has 2 aromatic heterocycles. The fourth-order valence-corrected chi connectivity index (χ4v) is 4.64. The standard InChI is InChI=1S/C21H21N3OS/c1-2-24(16-8-4-3-5-9-16)21(25)15-11-12-17-19(14-15)26-20(23-17)18-10-6-7-13-22-18/h3-10,13,15H,2,11-12,14H2,1H3. The van der Waals surface area contributed by atoms with E-state index in [0.29, 0.717) is 6.54 Å². The fraction of sp³-hybridized carbons (Fsp3) is 0.286. The van der Waals surface area contributed by atoms with Gasteiger partial charge in [-0.05, 0) is 50.5 Å². The molecule has 4 nitrogen and oxygen atoms in total. The van der Waals surface area contributed by atoms with E-state index in [1.165, 1.54) is 4.88 Å². The number of nitrogens with zero attached hydrogens (tertiary/aromatic N) is 3. The van der Waals surface area contributed by atoms with Crippen LogP contribution in [0.5, 0.6) is 0 Å². The summed E-state index contributed by atoms with van der Waals surface area (Å²) < 4.78 is 0. The molecule has 0 aliphatic heterocycles. The summed E-state index contributed by atoms with van der Waals surface area (Å²) in [6.45, 7) is 2.72. The van der Waals surface area contributed by atoms with Crippen molar-refractivity contribution in [3.05, 3.63) is 65.3 Å². The molecule has 5 heteroatoms. The molecule has 132 valence electrons. The van der Waals surface area contributed by atoms with Crippen LogP contribution in [0.4, 0.5) is 5.69 Å². The van der Waals surface area contributed by atoms with Gasteiger partial charge in [-0.15, -0.1) is 11.3 Å². The highest BCUT2D eigenvalue weighted by Crippen LogP contribution is 2.35. The first-order chi connectivity index (χ1) is 12.8. The van der Waals surface area contributed by atoms with E-state index in [0.717, 1.165) is 41.3 Å². The lowest BCUT2D eigenvalue weighted by Gasteiger charge is -2.28. The summed E-state index contributed by atoms with van der Waals surface area (Å²) in [6.07, 6.45) is 4.30. The smallest absolute Gasteiger partial charge is 0.230 e. The molecular weight excluding hydrogens is 342 g/mol. The van der Waals surface area contributed by atoms with Gasteiger partial charge in [0.1, 0.15) is 5.01 Å². The molecule has 1 atom stereocenters. The number of carbonyl (C=O) groups excluding carboxylic acids is 1. The first-order valence-electron chi connectivity index (χ1n) is 9.02. The highest BCUT2D eigenvalue weighted by atomic mass is 32.1. The molecular formula is C21H21N3OS. The van der Waals surface area contributed by atoms with Crippen molar-refractivity contribution in [2.75, 3.05) is 11.4 Å². The van der Waals surface area contributed by atoms with E-state index in [1.807, 2.05) is 60.4 Å². The molecule has 0 spiro atoms. The van der Waals surface area contributed by atoms with Crippen molar-refractivity contribution in [2.24, 2.45) is 5.92 Å². The summed E-state index contributed by atoms with van der Waals surface area (Å²) in [7, 11) is 0. The average molecular weight is 363 g/mol. The monoisotopic (exact) mass is 363 g/mol. The number of pyridine rings is 1. The van der Waals surface area contributed by atoms with Crippen molar-refractivity contribution in [1.29, 1.82) is 0 Å². The van der Waals surface area contributed by atoms with Crippen LogP contribution in [0.1, 0.15) is 23.9 Å². The van der Waals surface area contributed by atoms with Gasteiger partial charge in [0.2, 0.25) is 5.91 Å². The molecule has 0 bridgehead atoms. The van der Waals surface area contributed by atoms with Crippen LogP contribution in [0, 0.1) is 5.92 Å². The van der Waals surface area contributed by atoms with Gasteiger partial charge in [-0.1, -0.05) is 24.3 Å². The maximum absolute atomic E-state index is 13.1. The van der Waals surface area contributed by atoms with E-state index in [9.17, 15) is 4.79 Å². The topological polar surface area (TPSA) is 46.1 Å². The second-order valence-corrected chi connectivity index (χ2v) is 7.55. The van der Waals surface area contributed by atoms with Gasteiger partial charge in [0.05, 0.1) is 11.4 Å². The van der Waals surface area contributed by atoms with Crippen molar-refractivity contribution < 1.29 is 4.79 Å². The predicted molar refractivity (Wildman–Crippen MR) is 105 cm³/mol. The van der Waals surface area contributed by atoms with Gasteiger partial charge in [0.25, 0.3) is 0 Å². The van der Waals surface area contributed by atoms with Crippen molar-refractivity contribution in [1.82, 2.24) is 9.97 Å². The largest absolute Gasteiger partial charge is 0.312 e. The van der Waals surface area contributed by atoms with Gasteiger partial charge in [0, 0.05) is 29.2 Å². The van der Waals surface area contributed by atoms with Crippen LogP contribution < -0.4 is 4.90 Å². The molecule has 2 heterocycles. The third-order valence-electron chi connectivity index (χ3n) is 4.82. The number of hydrogen-bond acceptors (Lipinski definition) is 4. The summed E-state index contributed by atoms with van der Waals surface area (Å²) in [6, 6.07) is 15.8. The highest BCUT2D eigenvalue weighted by molar-refractivity contribution is 7.15. The van der Waals surface area contributed by atoms with Crippen molar-refractivity contribution in [3.8, 4) is 10.7 Å². The molecule has 1 unspecified atom stereocenters. The Bertz CT molecular complexity index is 892. The molecule has 3 aromatic rings. The van der Waals surface area contributed by atoms with Crippen LogP contribution >= 0.6 is 11.3 Å².